The van der Waals surface area contributed by atoms with E-state index in [2.05, 4.69) is 26.2 Å². The summed E-state index contributed by atoms with van der Waals surface area (Å²) in [6, 6.07) is 17.3. The minimum absolute atomic E-state index is 0.0647. The highest BCUT2D eigenvalue weighted by atomic mass is 79.9. The second-order valence-corrected chi connectivity index (χ2v) is 5.93. The van der Waals surface area contributed by atoms with E-state index in [1.54, 1.807) is 6.07 Å². The first-order valence-corrected chi connectivity index (χ1v) is 7.96. The number of benzene rings is 2. The molecular formula is C18H15BrN2O2. The lowest BCUT2D eigenvalue weighted by Crippen LogP contribution is -2.21. The summed E-state index contributed by atoms with van der Waals surface area (Å²) in [5, 5.41) is 4.80. The predicted molar refractivity (Wildman–Crippen MR) is 94.7 cm³/mol. The molecule has 5 heteroatoms. The van der Waals surface area contributed by atoms with Gasteiger partial charge in [0.25, 0.3) is 5.91 Å². The molecule has 1 amide bonds. The third-order valence-corrected chi connectivity index (χ3v) is 4.24. The van der Waals surface area contributed by atoms with E-state index >= 15 is 0 Å². The number of amides is 1. The molecule has 1 heterocycles. The Morgan fingerprint density at radius 2 is 1.91 bits per heavy atom. The standard InChI is InChI=1S/C18H15BrN2O2/c1-12-15(19)9-10-17(20-12)21-18(22)11-23-16-8-4-6-13-5-2-3-7-14(13)16/h2-10H,11H2,1H3,(H,20,21,22). The number of rotatable bonds is 4. The fourth-order valence-electron chi connectivity index (χ4n) is 2.26. The molecule has 0 saturated heterocycles. The van der Waals surface area contributed by atoms with Gasteiger partial charge in [-0.1, -0.05) is 36.4 Å². The van der Waals surface area contributed by atoms with Crippen LogP contribution in [0.5, 0.6) is 5.75 Å². The number of halogens is 1. The van der Waals surface area contributed by atoms with Crippen LogP contribution >= 0.6 is 15.9 Å². The average Bonchev–Trinajstić information content (AvgIpc) is 2.56. The number of pyridine rings is 1. The van der Waals surface area contributed by atoms with Gasteiger partial charge in [0.1, 0.15) is 11.6 Å². The van der Waals surface area contributed by atoms with E-state index in [0.717, 1.165) is 20.9 Å². The number of nitrogens with one attached hydrogen (secondary N) is 1. The monoisotopic (exact) mass is 370 g/mol. The van der Waals surface area contributed by atoms with Crippen LogP contribution in [-0.2, 0) is 4.79 Å². The summed E-state index contributed by atoms with van der Waals surface area (Å²) in [7, 11) is 0. The van der Waals surface area contributed by atoms with Crippen LogP contribution in [0.4, 0.5) is 5.82 Å². The Bertz CT molecular complexity index is 859. The first kappa shape index (κ1) is 15.5. The fourth-order valence-corrected chi connectivity index (χ4v) is 2.48. The molecule has 116 valence electrons. The summed E-state index contributed by atoms with van der Waals surface area (Å²) < 4.78 is 6.56. The minimum Gasteiger partial charge on any atom is -0.483 e. The van der Waals surface area contributed by atoms with Crippen molar-refractivity contribution in [1.29, 1.82) is 0 Å². The smallest absolute Gasteiger partial charge is 0.263 e. The maximum Gasteiger partial charge on any atom is 0.263 e. The second kappa shape index (κ2) is 6.79. The van der Waals surface area contributed by atoms with Gasteiger partial charge >= 0.3 is 0 Å². The zero-order valence-electron chi connectivity index (χ0n) is 12.5. The summed E-state index contributed by atoms with van der Waals surface area (Å²) in [5.41, 5.74) is 0.817. The third kappa shape index (κ3) is 3.68. The van der Waals surface area contributed by atoms with Gasteiger partial charge in [-0.3, -0.25) is 4.79 Å². The van der Waals surface area contributed by atoms with Crippen LogP contribution in [0.2, 0.25) is 0 Å². The average molecular weight is 371 g/mol. The number of aromatic nitrogens is 1. The van der Waals surface area contributed by atoms with Crippen molar-refractivity contribution >= 4 is 38.4 Å². The molecule has 0 aliphatic rings. The maximum atomic E-state index is 12.0. The molecule has 0 spiro atoms. The summed E-state index contributed by atoms with van der Waals surface area (Å²) >= 11 is 3.38. The molecule has 0 saturated carbocycles. The molecule has 3 rings (SSSR count). The molecule has 0 unspecified atom stereocenters. The number of ether oxygens (including phenoxy) is 1. The number of aryl methyl sites for hydroxylation is 1. The molecule has 0 fully saturated rings. The lowest BCUT2D eigenvalue weighted by Gasteiger charge is -2.10. The number of carbonyl (C=O) groups is 1. The number of fused-ring (bicyclic) bond motifs is 1. The van der Waals surface area contributed by atoms with E-state index in [9.17, 15) is 4.79 Å². The molecule has 0 bridgehead atoms. The van der Waals surface area contributed by atoms with E-state index in [0.29, 0.717) is 11.6 Å². The van der Waals surface area contributed by atoms with Crippen LogP contribution in [0.1, 0.15) is 5.69 Å². The van der Waals surface area contributed by atoms with Gasteiger partial charge in [0.2, 0.25) is 0 Å². The highest BCUT2D eigenvalue weighted by Gasteiger charge is 2.07. The molecule has 4 nitrogen and oxygen atoms in total. The van der Waals surface area contributed by atoms with Gasteiger partial charge in [0.05, 0.1) is 5.69 Å². The highest BCUT2D eigenvalue weighted by Crippen LogP contribution is 2.25. The number of nitrogens with zero attached hydrogens (tertiary/aromatic N) is 1. The molecular weight excluding hydrogens is 356 g/mol. The molecule has 1 N–H and O–H groups in total. The Hall–Kier alpha value is -2.40. The van der Waals surface area contributed by atoms with Crippen molar-refractivity contribution in [2.24, 2.45) is 0 Å². The van der Waals surface area contributed by atoms with Crippen LogP contribution < -0.4 is 10.1 Å². The van der Waals surface area contributed by atoms with E-state index < -0.39 is 0 Å². The van der Waals surface area contributed by atoms with Gasteiger partial charge in [0.15, 0.2) is 6.61 Å². The van der Waals surface area contributed by atoms with Crippen molar-refractivity contribution in [2.45, 2.75) is 6.92 Å². The van der Waals surface area contributed by atoms with Crippen molar-refractivity contribution in [3.63, 3.8) is 0 Å². The van der Waals surface area contributed by atoms with E-state index in [4.69, 9.17) is 4.74 Å². The lowest BCUT2D eigenvalue weighted by atomic mass is 10.1. The predicted octanol–water partition coefficient (Wildman–Crippen LogP) is 4.32. The van der Waals surface area contributed by atoms with E-state index in [1.165, 1.54) is 0 Å². The van der Waals surface area contributed by atoms with Crippen LogP contribution in [0, 0.1) is 6.92 Å². The number of hydrogen-bond acceptors (Lipinski definition) is 3. The Morgan fingerprint density at radius 3 is 2.74 bits per heavy atom. The Balaban J connectivity index is 1.67. The number of hydrogen-bond donors (Lipinski definition) is 1. The quantitative estimate of drug-likeness (QED) is 0.743. The maximum absolute atomic E-state index is 12.0. The van der Waals surface area contributed by atoms with Gasteiger partial charge in [-0.15, -0.1) is 0 Å². The third-order valence-electron chi connectivity index (χ3n) is 3.40. The number of anilines is 1. The second-order valence-electron chi connectivity index (χ2n) is 5.08. The summed E-state index contributed by atoms with van der Waals surface area (Å²) in [4.78, 5) is 16.3. The zero-order valence-corrected chi connectivity index (χ0v) is 14.1. The highest BCUT2D eigenvalue weighted by molar-refractivity contribution is 9.10. The first-order chi connectivity index (χ1) is 11.1. The molecule has 0 atom stereocenters. The van der Waals surface area contributed by atoms with Crippen molar-refractivity contribution < 1.29 is 9.53 Å². The van der Waals surface area contributed by atoms with Crippen LogP contribution in [0.15, 0.2) is 59.1 Å². The van der Waals surface area contributed by atoms with Crippen molar-refractivity contribution in [2.75, 3.05) is 11.9 Å². The molecule has 1 aromatic heterocycles. The molecule has 0 radical (unpaired) electrons. The molecule has 23 heavy (non-hydrogen) atoms. The van der Waals surface area contributed by atoms with E-state index in [-0.39, 0.29) is 12.5 Å². The summed E-state index contributed by atoms with van der Waals surface area (Å²) in [6.07, 6.45) is 0. The Morgan fingerprint density at radius 1 is 1.13 bits per heavy atom. The van der Waals surface area contributed by atoms with Crippen molar-refractivity contribution in [1.82, 2.24) is 4.98 Å². The summed E-state index contributed by atoms with van der Waals surface area (Å²) in [6.45, 7) is 1.80. The van der Waals surface area contributed by atoms with Crippen molar-refractivity contribution in [3.05, 3.63) is 64.8 Å². The lowest BCUT2D eigenvalue weighted by molar-refractivity contribution is -0.118. The topological polar surface area (TPSA) is 51.2 Å². The Kier molecular flexibility index (Phi) is 4.57. The molecule has 0 aliphatic heterocycles. The normalized spacial score (nSPS) is 10.5. The summed E-state index contributed by atoms with van der Waals surface area (Å²) in [5.74, 6) is 0.961. The first-order valence-electron chi connectivity index (χ1n) is 7.17. The molecule has 0 aliphatic carbocycles. The SMILES string of the molecule is Cc1nc(NC(=O)COc2cccc3ccccc23)ccc1Br. The van der Waals surface area contributed by atoms with Gasteiger partial charge < -0.3 is 10.1 Å². The van der Waals surface area contributed by atoms with Gasteiger partial charge in [-0.05, 0) is 46.4 Å². The molecule has 3 aromatic rings. The molecule has 2 aromatic carbocycles. The minimum atomic E-state index is -0.243. The number of carbonyl (C=O) groups excluding carboxylic acids is 1. The largest absolute Gasteiger partial charge is 0.483 e. The van der Waals surface area contributed by atoms with Gasteiger partial charge in [-0.2, -0.15) is 0 Å². The van der Waals surface area contributed by atoms with Crippen LogP contribution in [0.3, 0.4) is 0 Å². The van der Waals surface area contributed by atoms with Crippen molar-refractivity contribution in [3.8, 4) is 5.75 Å². The van der Waals surface area contributed by atoms with E-state index in [1.807, 2.05) is 55.5 Å². The zero-order chi connectivity index (χ0) is 16.2. The van der Waals surface area contributed by atoms with Crippen LogP contribution in [0.25, 0.3) is 10.8 Å². The fraction of sp³-hybridized carbons (Fsp3) is 0.111. The van der Waals surface area contributed by atoms with Gasteiger partial charge in [0, 0.05) is 9.86 Å². The van der Waals surface area contributed by atoms with Crippen LogP contribution in [-0.4, -0.2) is 17.5 Å². The Labute approximate surface area is 142 Å². The van der Waals surface area contributed by atoms with Gasteiger partial charge in [-0.25, -0.2) is 4.98 Å².